The molecule has 1 aliphatic carbocycles. The number of carbonyl (C=O) groups excluding carboxylic acids is 1. The number of aliphatic carboxylic acids is 1. The molecule has 0 heterocycles. The van der Waals surface area contributed by atoms with Crippen LogP contribution in [0.5, 0.6) is 0 Å². The third kappa shape index (κ3) is 2.61. The minimum Gasteiger partial charge on any atom is -0.481 e. The zero-order chi connectivity index (χ0) is 13.3. The Hall–Kier alpha value is -1.64. The van der Waals surface area contributed by atoms with Crippen LogP contribution in [0.3, 0.4) is 0 Å². The van der Waals surface area contributed by atoms with Crippen LogP contribution in [0.15, 0.2) is 12.1 Å². The standard InChI is InChI=1S/C15H18O3/c1-9-5-12(8-16)13(6-10(9)2)14(7-15(17)18)11-3-4-11/h5-6,8,11,14H,3-4,7H2,1-2H3,(H,17,18). The molecule has 0 saturated heterocycles. The topological polar surface area (TPSA) is 54.4 Å². The maximum atomic E-state index is 11.2. The summed E-state index contributed by atoms with van der Waals surface area (Å²) in [6.45, 7) is 3.97. The molecule has 1 aromatic rings. The first kappa shape index (κ1) is 12.8. The van der Waals surface area contributed by atoms with Crippen molar-refractivity contribution in [1.29, 1.82) is 0 Å². The Kier molecular flexibility index (Phi) is 3.50. The number of rotatable bonds is 5. The second kappa shape index (κ2) is 4.92. The molecule has 3 nitrogen and oxygen atoms in total. The smallest absolute Gasteiger partial charge is 0.303 e. The van der Waals surface area contributed by atoms with Gasteiger partial charge in [0.1, 0.15) is 6.29 Å². The number of aldehydes is 1. The quantitative estimate of drug-likeness (QED) is 0.812. The van der Waals surface area contributed by atoms with Gasteiger partial charge in [0.25, 0.3) is 0 Å². The highest BCUT2D eigenvalue weighted by Gasteiger charge is 2.35. The summed E-state index contributed by atoms with van der Waals surface area (Å²) >= 11 is 0. The van der Waals surface area contributed by atoms with Crippen LogP contribution in [-0.4, -0.2) is 17.4 Å². The van der Waals surface area contributed by atoms with Gasteiger partial charge in [0, 0.05) is 5.56 Å². The molecule has 0 aromatic heterocycles. The maximum absolute atomic E-state index is 11.2. The fourth-order valence-electron chi connectivity index (χ4n) is 2.50. The Morgan fingerprint density at radius 1 is 1.39 bits per heavy atom. The van der Waals surface area contributed by atoms with Crippen molar-refractivity contribution in [2.24, 2.45) is 5.92 Å². The average Bonchev–Trinajstić information content (AvgIpc) is 3.13. The number of hydrogen-bond acceptors (Lipinski definition) is 2. The summed E-state index contributed by atoms with van der Waals surface area (Å²) in [4.78, 5) is 22.2. The fraction of sp³-hybridized carbons (Fsp3) is 0.467. The molecule has 18 heavy (non-hydrogen) atoms. The molecule has 0 bridgehead atoms. The first-order chi connectivity index (χ1) is 8.52. The summed E-state index contributed by atoms with van der Waals surface area (Å²) in [5.41, 5.74) is 3.76. The third-order valence-corrected chi connectivity index (χ3v) is 3.81. The second-order valence-electron chi connectivity index (χ2n) is 5.23. The van der Waals surface area contributed by atoms with E-state index < -0.39 is 5.97 Å². The minimum absolute atomic E-state index is 0.0120. The van der Waals surface area contributed by atoms with Gasteiger partial charge in [0.2, 0.25) is 0 Å². The van der Waals surface area contributed by atoms with Gasteiger partial charge in [-0.05, 0) is 61.3 Å². The molecular formula is C15H18O3. The van der Waals surface area contributed by atoms with Gasteiger partial charge in [-0.15, -0.1) is 0 Å². The zero-order valence-corrected chi connectivity index (χ0v) is 10.8. The Morgan fingerprint density at radius 2 is 2.00 bits per heavy atom. The lowest BCUT2D eigenvalue weighted by molar-refractivity contribution is -0.137. The molecule has 1 N–H and O–H groups in total. The molecule has 1 saturated carbocycles. The van der Waals surface area contributed by atoms with Crippen LogP contribution in [0.2, 0.25) is 0 Å². The molecule has 0 amide bonds. The molecule has 1 fully saturated rings. The van der Waals surface area contributed by atoms with E-state index in [1.807, 2.05) is 26.0 Å². The van der Waals surface area contributed by atoms with Gasteiger partial charge in [-0.1, -0.05) is 6.07 Å². The van der Waals surface area contributed by atoms with Crippen molar-refractivity contribution >= 4 is 12.3 Å². The highest BCUT2D eigenvalue weighted by Crippen LogP contribution is 2.45. The lowest BCUT2D eigenvalue weighted by atomic mass is 9.86. The molecule has 0 radical (unpaired) electrons. The summed E-state index contributed by atoms with van der Waals surface area (Å²) in [5.74, 6) is -0.370. The van der Waals surface area contributed by atoms with Crippen LogP contribution >= 0.6 is 0 Å². The Morgan fingerprint density at radius 3 is 2.50 bits per heavy atom. The SMILES string of the molecule is Cc1cc(C=O)c(C(CC(=O)O)C2CC2)cc1C. The second-order valence-corrected chi connectivity index (χ2v) is 5.23. The number of carboxylic acid groups (broad SMARTS) is 1. The van der Waals surface area contributed by atoms with Crippen LogP contribution in [-0.2, 0) is 4.79 Å². The summed E-state index contributed by atoms with van der Waals surface area (Å²) in [7, 11) is 0. The zero-order valence-electron chi connectivity index (χ0n) is 10.8. The number of hydrogen-bond donors (Lipinski definition) is 1. The largest absolute Gasteiger partial charge is 0.481 e. The first-order valence-electron chi connectivity index (χ1n) is 6.31. The molecule has 0 spiro atoms. The van der Waals surface area contributed by atoms with Gasteiger partial charge in [-0.3, -0.25) is 9.59 Å². The van der Waals surface area contributed by atoms with E-state index in [0.717, 1.165) is 35.8 Å². The normalized spacial score (nSPS) is 16.3. The van der Waals surface area contributed by atoms with E-state index in [9.17, 15) is 9.59 Å². The maximum Gasteiger partial charge on any atom is 0.303 e. The van der Waals surface area contributed by atoms with Crippen LogP contribution in [0, 0.1) is 19.8 Å². The van der Waals surface area contributed by atoms with Crippen molar-refractivity contribution in [3.8, 4) is 0 Å². The van der Waals surface area contributed by atoms with Crippen molar-refractivity contribution in [2.75, 3.05) is 0 Å². The van der Waals surface area contributed by atoms with Gasteiger partial charge in [-0.25, -0.2) is 0 Å². The number of carbonyl (C=O) groups is 2. The first-order valence-corrected chi connectivity index (χ1v) is 6.31. The van der Waals surface area contributed by atoms with Crippen molar-refractivity contribution < 1.29 is 14.7 Å². The van der Waals surface area contributed by atoms with Crippen LogP contribution in [0.1, 0.15) is 52.2 Å². The van der Waals surface area contributed by atoms with E-state index in [0.29, 0.717) is 11.5 Å². The Bertz CT molecular complexity index is 487. The number of aryl methyl sites for hydroxylation is 2. The summed E-state index contributed by atoms with van der Waals surface area (Å²) in [6.07, 6.45) is 3.11. The lowest BCUT2D eigenvalue weighted by Crippen LogP contribution is -2.11. The third-order valence-electron chi connectivity index (χ3n) is 3.81. The highest BCUT2D eigenvalue weighted by molar-refractivity contribution is 5.79. The van der Waals surface area contributed by atoms with Crippen LogP contribution in [0.4, 0.5) is 0 Å². The molecule has 3 heteroatoms. The predicted molar refractivity (Wildman–Crippen MR) is 69.0 cm³/mol. The van der Waals surface area contributed by atoms with E-state index in [2.05, 4.69) is 0 Å². The fourth-order valence-corrected chi connectivity index (χ4v) is 2.50. The van der Waals surface area contributed by atoms with Gasteiger partial charge >= 0.3 is 5.97 Å². The minimum atomic E-state index is -0.790. The van der Waals surface area contributed by atoms with E-state index >= 15 is 0 Å². The van der Waals surface area contributed by atoms with Crippen molar-refractivity contribution in [1.82, 2.24) is 0 Å². The van der Waals surface area contributed by atoms with Crippen molar-refractivity contribution in [3.05, 3.63) is 34.4 Å². The van der Waals surface area contributed by atoms with Gasteiger partial charge in [0.05, 0.1) is 6.42 Å². The van der Waals surface area contributed by atoms with E-state index in [4.69, 9.17) is 5.11 Å². The number of carboxylic acids is 1. The molecule has 1 aromatic carbocycles. The molecule has 1 unspecified atom stereocenters. The molecule has 0 aliphatic heterocycles. The highest BCUT2D eigenvalue weighted by atomic mass is 16.4. The van der Waals surface area contributed by atoms with Crippen molar-refractivity contribution in [2.45, 2.75) is 39.0 Å². The average molecular weight is 246 g/mol. The van der Waals surface area contributed by atoms with Crippen LogP contribution in [0.25, 0.3) is 0 Å². The van der Waals surface area contributed by atoms with Gasteiger partial charge in [0.15, 0.2) is 0 Å². The summed E-state index contributed by atoms with van der Waals surface area (Å²) in [6, 6.07) is 3.86. The van der Waals surface area contributed by atoms with Gasteiger partial charge < -0.3 is 5.11 Å². The monoisotopic (exact) mass is 246 g/mol. The van der Waals surface area contributed by atoms with Crippen molar-refractivity contribution in [3.63, 3.8) is 0 Å². The van der Waals surface area contributed by atoms with Crippen LogP contribution < -0.4 is 0 Å². The summed E-state index contributed by atoms with van der Waals surface area (Å²) < 4.78 is 0. The van der Waals surface area contributed by atoms with E-state index in [-0.39, 0.29) is 12.3 Å². The van der Waals surface area contributed by atoms with E-state index in [1.165, 1.54) is 0 Å². The Labute approximate surface area is 107 Å². The molecule has 1 aliphatic rings. The predicted octanol–water partition coefficient (Wildman–Crippen LogP) is 3.08. The molecular weight excluding hydrogens is 228 g/mol. The molecule has 2 rings (SSSR count). The summed E-state index contributed by atoms with van der Waals surface area (Å²) in [5, 5.41) is 9.02. The number of benzene rings is 1. The van der Waals surface area contributed by atoms with E-state index in [1.54, 1.807) is 0 Å². The molecule has 96 valence electrons. The molecule has 1 atom stereocenters. The lowest BCUT2D eigenvalue weighted by Gasteiger charge is -2.18. The Balaban J connectivity index is 2.42. The van der Waals surface area contributed by atoms with Gasteiger partial charge in [-0.2, -0.15) is 0 Å².